The average molecular weight is 300 g/mol. The summed E-state index contributed by atoms with van der Waals surface area (Å²) in [7, 11) is 0. The van der Waals surface area contributed by atoms with Crippen LogP contribution in [-0.4, -0.2) is 20.5 Å². The quantitative estimate of drug-likeness (QED) is 0.789. The lowest BCUT2D eigenvalue weighted by molar-refractivity contribution is 0.0689. The Balaban J connectivity index is 2.21. The van der Waals surface area contributed by atoms with E-state index in [0.29, 0.717) is 10.9 Å². The van der Waals surface area contributed by atoms with E-state index in [9.17, 15) is 9.90 Å². The molecule has 0 spiro atoms. The molecule has 0 unspecified atom stereocenters. The van der Waals surface area contributed by atoms with Gasteiger partial charge < -0.3 is 5.11 Å². The van der Waals surface area contributed by atoms with Gasteiger partial charge in [0.15, 0.2) is 10.7 Å². The molecule has 0 atom stereocenters. The Labute approximate surface area is 126 Å². The van der Waals surface area contributed by atoms with Crippen LogP contribution in [-0.2, 0) is 0 Å². The second kappa shape index (κ2) is 5.00. The van der Waals surface area contributed by atoms with E-state index in [0.717, 1.165) is 16.1 Å². The second-order valence-electron chi connectivity index (χ2n) is 5.35. The van der Waals surface area contributed by atoms with Crippen LogP contribution in [0.1, 0.15) is 40.7 Å². The van der Waals surface area contributed by atoms with Crippen LogP contribution in [0.2, 0.25) is 0 Å². The van der Waals surface area contributed by atoms with Gasteiger partial charge >= 0.3 is 5.97 Å². The Hall–Kier alpha value is -2.14. The maximum atomic E-state index is 11.4. The maximum absolute atomic E-state index is 11.4. The lowest BCUT2D eigenvalue weighted by Gasteiger charge is -2.08. The average Bonchev–Trinajstić information content (AvgIpc) is 2.96. The van der Waals surface area contributed by atoms with E-state index in [2.05, 4.69) is 43.1 Å². The molecule has 21 heavy (non-hydrogen) atoms. The summed E-state index contributed by atoms with van der Waals surface area (Å²) in [5.74, 6) is -0.481. The molecule has 1 aromatic carbocycles. The number of carboxylic acids is 1. The van der Waals surface area contributed by atoms with Crippen molar-refractivity contribution in [2.75, 3.05) is 0 Å². The van der Waals surface area contributed by atoms with Crippen molar-refractivity contribution in [3.8, 4) is 11.3 Å². The number of aromatic carboxylic acids is 1. The van der Waals surface area contributed by atoms with Crippen LogP contribution in [0.3, 0.4) is 0 Å². The highest BCUT2D eigenvalue weighted by Gasteiger charge is 2.19. The summed E-state index contributed by atoms with van der Waals surface area (Å²) < 4.78 is 1.73. The van der Waals surface area contributed by atoms with E-state index in [1.807, 2.05) is 6.92 Å². The first-order chi connectivity index (χ1) is 9.99. The lowest BCUT2D eigenvalue weighted by Crippen LogP contribution is -2.02. The first-order valence-electron chi connectivity index (χ1n) is 6.79. The predicted molar refractivity (Wildman–Crippen MR) is 84.3 cm³/mol. The summed E-state index contributed by atoms with van der Waals surface area (Å²) in [5.41, 5.74) is 3.41. The molecule has 0 radical (unpaired) electrons. The molecule has 108 valence electrons. The second-order valence-corrected chi connectivity index (χ2v) is 6.53. The van der Waals surface area contributed by atoms with E-state index in [-0.39, 0.29) is 5.69 Å². The fourth-order valence-corrected chi connectivity index (χ4v) is 3.44. The Bertz CT molecular complexity index is 813. The molecule has 4 nitrogen and oxygen atoms in total. The van der Waals surface area contributed by atoms with Gasteiger partial charge in [-0.2, -0.15) is 0 Å². The summed E-state index contributed by atoms with van der Waals surface area (Å²) in [6, 6.07) is 8.30. The smallest absolute Gasteiger partial charge is 0.354 e. The molecule has 0 aliphatic rings. The Morgan fingerprint density at radius 2 is 1.95 bits per heavy atom. The molecule has 0 saturated heterocycles. The molecule has 2 aromatic heterocycles. The minimum absolute atomic E-state index is 0.206. The number of benzene rings is 1. The van der Waals surface area contributed by atoms with Crippen molar-refractivity contribution in [3.63, 3.8) is 0 Å². The highest BCUT2D eigenvalue weighted by molar-refractivity contribution is 7.17. The maximum Gasteiger partial charge on any atom is 0.354 e. The third-order valence-corrected chi connectivity index (χ3v) is 4.57. The Morgan fingerprint density at radius 3 is 2.52 bits per heavy atom. The zero-order valence-corrected chi connectivity index (χ0v) is 12.9. The van der Waals surface area contributed by atoms with Gasteiger partial charge in [0, 0.05) is 4.88 Å². The molecule has 2 heterocycles. The Kier molecular flexibility index (Phi) is 3.29. The number of hydrogen-bond acceptors (Lipinski definition) is 3. The van der Waals surface area contributed by atoms with Crippen molar-refractivity contribution < 1.29 is 9.90 Å². The predicted octanol–water partition coefficient (Wildman–Crippen LogP) is 4.19. The topological polar surface area (TPSA) is 54.6 Å². The van der Waals surface area contributed by atoms with Gasteiger partial charge in [-0.1, -0.05) is 38.1 Å². The minimum atomic E-state index is -0.958. The van der Waals surface area contributed by atoms with E-state index < -0.39 is 5.97 Å². The van der Waals surface area contributed by atoms with Crippen LogP contribution in [0.15, 0.2) is 30.5 Å². The van der Waals surface area contributed by atoms with Gasteiger partial charge in [-0.25, -0.2) is 9.78 Å². The summed E-state index contributed by atoms with van der Waals surface area (Å²) in [6.45, 7) is 6.31. The van der Waals surface area contributed by atoms with Gasteiger partial charge in [0.05, 0.1) is 11.9 Å². The lowest BCUT2D eigenvalue weighted by atomic mass is 10.0. The van der Waals surface area contributed by atoms with E-state index >= 15 is 0 Å². The van der Waals surface area contributed by atoms with Crippen molar-refractivity contribution in [2.24, 2.45) is 0 Å². The number of fused-ring (bicyclic) bond motifs is 1. The number of carbonyl (C=O) groups is 1. The van der Waals surface area contributed by atoms with E-state index in [4.69, 9.17) is 0 Å². The van der Waals surface area contributed by atoms with E-state index in [1.165, 1.54) is 23.1 Å². The van der Waals surface area contributed by atoms with Crippen LogP contribution >= 0.6 is 11.3 Å². The molecule has 5 heteroatoms. The summed E-state index contributed by atoms with van der Waals surface area (Å²) in [6.07, 6.45) is 1.42. The normalized spacial score (nSPS) is 11.4. The molecular weight excluding hydrogens is 284 g/mol. The molecule has 0 aliphatic heterocycles. The number of nitrogens with zero attached hydrogens (tertiary/aromatic N) is 2. The molecule has 0 amide bonds. The van der Waals surface area contributed by atoms with Crippen LogP contribution < -0.4 is 0 Å². The van der Waals surface area contributed by atoms with Crippen LogP contribution in [0.25, 0.3) is 16.2 Å². The SMILES string of the molecule is Cc1sc2ncc(C(=O)O)n2c1-c1ccc(C(C)C)cc1. The van der Waals surface area contributed by atoms with Crippen molar-refractivity contribution >= 4 is 22.3 Å². The molecule has 3 rings (SSSR count). The van der Waals surface area contributed by atoms with Gasteiger partial charge in [0.25, 0.3) is 0 Å². The zero-order chi connectivity index (χ0) is 15.1. The molecule has 3 aromatic rings. The zero-order valence-electron chi connectivity index (χ0n) is 12.1. The van der Waals surface area contributed by atoms with E-state index in [1.54, 1.807) is 4.40 Å². The van der Waals surface area contributed by atoms with Gasteiger partial charge in [0.2, 0.25) is 0 Å². The first kappa shape index (κ1) is 13.8. The largest absolute Gasteiger partial charge is 0.477 e. The standard InChI is InChI=1S/C16H16N2O2S/c1-9(2)11-4-6-12(7-5-11)14-10(3)21-16-17-8-13(15(19)20)18(14)16/h4-9H,1-3H3,(H,19,20). The highest BCUT2D eigenvalue weighted by atomic mass is 32.1. The van der Waals surface area contributed by atoms with Gasteiger partial charge in [-0.05, 0) is 24.0 Å². The third-order valence-electron chi connectivity index (χ3n) is 3.60. The molecule has 1 N–H and O–H groups in total. The van der Waals surface area contributed by atoms with Crippen molar-refractivity contribution in [1.29, 1.82) is 0 Å². The summed E-state index contributed by atoms with van der Waals surface area (Å²) >= 11 is 1.51. The van der Waals surface area contributed by atoms with Crippen LogP contribution in [0.4, 0.5) is 0 Å². The number of imidazole rings is 1. The van der Waals surface area contributed by atoms with Crippen molar-refractivity contribution in [1.82, 2.24) is 9.38 Å². The summed E-state index contributed by atoms with van der Waals surface area (Å²) in [4.78, 5) is 17.3. The number of aryl methyl sites for hydroxylation is 1. The van der Waals surface area contributed by atoms with Crippen LogP contribution in [0, 0.1) is 6.92 Å². The highest BCUT2D eigenvalue weighted by Crippen LogP contribution is 2.32. The molecule has 0 aliphatic carbocycles. The number of rotatable bonds is 3. The van der Waals surface area contributed by atoms with Gasteiger partial charge in [-0.15, -0.1) is 11.3 Å². The fraction of sp³-hybridized carbons (Fsp3) is 0.250. The van der Waals surface area contributed by atoms with Gasteiger partial charge in [-0.3, -0.25) is 4.40 Å². The molecule has 0 bridgehead atoms. The van der Waals surface area contributed by atoms with Gasteiger partial charge in [0.1, 0.15) is 0 Å². The summed E-state index contributed by atoms with van der Waals surface area (Å²) in [5, 5.41) is 9.31. The fourth-order valence-electron chi connectivity index (χ4n) is 2.47. The van der Waals surface area contributed by atoms with Crippen molar-refractivity contribution in [3.05, 3.63) is 46.6 Å². The first-order valence-corrected chi connectivity index (χ1v) is 7.61. The Morgan fingerprint density at radius 1 is 1.29 bits per heavy atom. The molecule has 0 saturated carbocycles. The molecular formula is C16H16N2O2S. The van der Waals surface area contributed by atoms with Crippen LogP contribution in [0.5, 0.6) is 0 Å². The third kappa shape index (κ3) is 2.23. The molecule has 0 fully saturated rings. The van der Waals surface area contributed by atoms with Crippen molar-refractivity contribution in [2.45, 2.75) is 26.7 Å². The minimum Gasteiger partial charge on any atom is -0.477 e. The number of thiazole rings is 1. The number of aromatic nitrogens is 2. The number of hydrogen-bond donors (Lipinski definition) is 1. The number of carboxylic acid groups (broad SMARTS) is 1. The monoisotopic (exact) mass is 300 g/mol.